The minimum absolute atomic E-state index is 0.00370. The average molecular weight is 348 g/mol. The second kappa shape index (κ2) is 7.00. The highest BCUT2D eigenvalue weighted by Crippen LogP contribution is 2.41. The van der Waals surface area contributed by atoms with E-state index >= 15 is 0 Å². The molecule has 0 N–H and O–H groups in total. The molecule has 2 heterocycles. The van der Waals surface area contributed by atoms with Crippen molar-refractivity contribution < 1.29 is 18.7 Å². The van der Waals surface area contributed by atoms with Gasteiger partial charge >= 0.3 is 0 Å². The Hall–Kier alpha value is -1.53. The van der Waals surface area contributed by atoms with Gasteiger partial charge in [0.1, 0.15) is 0 Å². The number of alkyl halides is 1. The zero-order valence-electron chi connectivity index (χ0n) is 14.4. The molecule has 0 bridgehead atoms. The summed E-state index contributed by atoms with van der Waals surface area (Å²) in [6.07, 6.45) is 6.81. The first-order chi connectivity index (χ1) is 12.2. The van der Waals surface area contributed by atoms with E-state index in [1.165, 1.54) is 0 Å². The van der Waals surface area contributed by atoms with Crippen LogP contribution in [0.5, 0.6) is 0 Å². The molecular weight excluding hydrogens is 323 g/mol. The van der Waals surface area contributed by atoms with Crippen LogP contribution in [0.3, 0.4) is 0 Å². The fraction of sp³-hybridized carbons (Fsp3) is 0.684. The van der Waals surface area contributed by atoms with Crippen LogP contribution < -0.4 is 0 Å². The number of morpholine rings is 1. The molecule has 1 aliphatic heterocycles. The third kappa shape index (κ3) is 3.42. The highest BCUT2D eigenvalue weighted by molar-refractivity contribution is 5.86. The van der Waals surface area contributed by atoms with E-state index in [0.29, 0.717) is 45.1 Å². The monoisotopic (exact) mass is 348 g/mol. The lowest BCUT2D eigenvalue weighted by Crippen LogP contribution is -2.58. The number of pyridine rings is 1. The Labute approximate surface area is 147 Å². The lowest BCUT2D eigenvalue weighted by Gasteiger charge is -2.43. The quantitative estimate of drug-likeness (QED) is 0.820. The summed E-state index contributed by atoms with van der Waals surface area (Å²) in [5.41, 5.74) is -0.513. The molecule has 4 rings (SSSR count). The Morgan fingerprint density at radius 1 is 1.36 bits per heavy atom. The van der Waals surface area contributed by atoms with Gasteiger partial charge in [0, 0.05) is 18.9 Å². The molecule has 0 spiro atoms. The lowest BCUT2D eigenvalue weighted by atomic mass is 9.80. The van der Waals surface area contributed by atoms with E-state index in [1.807, 2.05) is 12.1 Å². The van der Waals surface area contributed by atoms with Crippen LogP contribution in [-0.4, -0.2) is 53.4 Å². The maximum atomic E-state index is 14.6. The van der Waals surface area contributed by atoms with Crippen molar-refractivity contribution in [2.45, 2.75) is 56.5 Å². The number of carbonyl (C=O) groups excluding carboxylic acids is 1. The number of halogens is 1. The minimum atomic E-state index is -1.61. The number of amides is 1. The van der Waals surface area contributed by atoms with Crippen LogP contribution in [0, 0.1) is 5.92 Å². The fourth-order valence-electron chi connectivity index (χ4n) is 4.22. The van der Waals surface area contributed by atoms with Gasteiger partial charge < -0.3 is 14.4 Å². The summed E-state index contributed by atoms with van der Waals surface area (Å²) in [5, 5.41) is 0. The number of ether oxygens (including phenoxy) is 2. The molecule has 3 aliphatic rings. The van der Waals surface area contributed by atoms with Gasteiger partial charge in [0.05, 0.1) is 32.0 Å². The second-order valence-electron chi connectivity index (χ2n) is 7.50. The summed E-state index contributed by atoms with van der Waals surface area (Å²) in [7, 11) is 0. The molecule has 2 aliphatic carbocycles. The van der Waals surface area contributed by atoms with E-state index in [4.69, 9.17) is 9.47 Å². The molecule has 3 fully saturated rings. The Bertz CT molecular complexity index is 608. The number of hydrogen-bond acceptors (Lipinski definition) is 4. The van der Waals surface area contributed by atoms with Gasteiger partial charge in [-0.05, 0) is 55.7 Å². The van der Waals surface area contributed by atoms with Crippen molar-refractivity contribution in [1.29, 1.82) is 0 Å². The maximum absolute atomic E-state index is 14.6. The van der Waals surface area contributed by atoms with Crippen molar-refractivity contribution in [2.24, 2.45) is 5.92 Å². The highest BCUT2D eigenvalue weighted by atomic mass is 19.1. The molecule has 1 saturated heterocycles. The molecule has 25 heavy (non-hydrogen) atoms. The van der Waals surface area contributed by atoms with Crippen LogP contribution in [0.25, 0.3) is 0 Å². The normalized spacial score (nSPS) is 30.6. The second-order valence-corrected chi connectivity index (χ2v) is 7.50. The summed E-state index contributed by atoms with van der Waals surface area (Å²) in [5.74, 6) is 0.0394. The van der Waals surface area contributed by atoms with Crippen LogP contribution in [0.15, 0.2) is 24.5 Å². The number of hydrogen-bond donors (Lipinski definition) is 0. The number of aromatic nitrogens is 1. The Balaban J connectivity index is 1.32. The van der Waals surface area contributed by atoms with Gasteiger partial charge in [-0.3, -0.25) is 9.78 Å². The first kappa shape index (κ1) is 16.9. The van der Waals surface area contributed by atoms with Gasteiger partial charge in [0.25, 0.3) is 5.91 Å². The predicted octanol–water partition coefficient (Wildman–Crippen LogP) is 2.50. The average Bonchev–Trinajstić information content (AvgIpc) is 3.03. The number of rotatable bonds is 5. The largest absolute Gasteiger partial charge is 0.376 e. The molecule has 1 aromatic heterocycles. The molecule has 6 heteroatoms. The first-order valence-corrected chi connectivity index (χ1v) is 9.24. The molecule has 5 nitrogen and oxygen atoms in total. The van der Waals surface area contributed by atoms with Crippen molar-refractivity contribution in [2.75, 3.05) is 19.8 Å². The van der Waals surface area contributed by atoms with Crippen LogP contribution >= 0.6 is 0 Å². The zero-order valence-corrected chi connectivity index (χ0v) is 14.4. The zero-order chi connectivity index (χ0) is 17.3. The van der Waals surface area contributed by atoms with Gasteiger partial charge in [-0.25, -0.2) is 4.39 Å². The molecule has 0 radical (unpaired) electrons. The van der Waals surface area contributed by atoms with Crippen LogP contribution in [0.1, 0.15) is 37.7 Å². The van der Waals surface area contributed by atoms with E-state index in [9.17, 15) is 9.18 Å². The van der Waals surface area contributed by atoms with Crippen molar-refractivity contribution in [3.05, 3.63) is 30.1 Å². The van der Waals surface area contributed by atoms with Crippen molar-refractivity contribution >= 4 is 5.91 Å². The van der Waals surface area contributed by atoms with Crippen molar-refractivity contribution in [1.82, 2.24) is 9.88 Å². The van der Waals surface area contributed by atoms with E-state index in [2.05, 4.69) is 4.98 Å². The third-order valence-corrected chi connectivity index (χ3v) is 5.80. The first-order valence-electron chi connectivity index (χ1n) is 9.24. The van der Waals surface area contributed by atoms with Gasteiger partial charge in [-0.15, -0.1) is 0 Å². The number of nitrogens with zero attached hydrogens (tertiary/aromatic N) is 2. The van der Waals surface area contributed by atoms with E-state index in [-0.39, 0.29) is 18.1 Å². The topological polar surface area (TPSA) is 51.7 Å². The predicted molar refractivity (Wildman–Crippen MR) is 89.5 cm³/mol. The standard InChI is InChI=1S/C19H25FN2O3/c20-19(4-1-5-19)18(23)22-8-9-25-17-11-15(10-16(17)22)13-24-12-14-2-6-21-7-3-14/h2-3,6-7,15-17H,1,4-5,8-13H2/t15-,16-,17+/m0/s1. The van der Waals surface area contributed by atoms with Crippen LogP contribution in [0.2, 0.25) is 0 Å². The van der Waals surface area contributed by atoms with Crippen molar-refractivity contribution in [3.63, 3.8) is 0 Å². The van der Waals surface area contributed by atoms with Gasteiger partial charge in [0.2, 0.25) is 0 Å². The van der Waals surface area contributed by atoms with Crippen molar-refractivity contribution in [3.8, 4) is 0 Å². The van der Waals surface area contributed by atoms with Crippen LogP contribution in [0.4, 0.5) is 4.39 Å². The molecule has 1 aromatic rings. The third-order valence-electron chi connectivity index (χ3n) is 5.80. The SMILES string of the molecule is O=C(N1CCO[C@@H]2C[C@@H](COCc3ccncc3)C[C@@H]21)C1(F)CCC1. The lowest BCUT2D eigenvalue weighted by molar-refractivity contribution is -0.162. The smallest absolute Gasteiger partial charge is 0.260 e. The number of carbonyl (C=O) groups is 1. The Morgan fingerprint density at radius 3 is 2.88 bits per heavy atom. The summed E-state index contributed by atoms with van der Waals surface area (Å²) >= 11 is 0. The molecule has 136 valence electrons. The number of fused-ring (bicyclic) bond motifs is 1. The minimum Gasteiger partial charge on any atom is -0.376 e. The van der Waals surface area contributed by atoms with Crippen LogP contribution in [-0.2, 0) is 20.9 Å². The summed E-state index contributed by atoms with van der Waals surface area (Å²) < 4.78 is 26.3. The van der Waals surface area contributed by atoms with E-state index in [1.54, 1.807) is 17.3 Å². The molecule has 3 atom stereocenters. The molecule has 0 aromatic carbocycles. The highest BCUT2D eigenvalue weighted by Gasteiger charge is 2.51. The summed E-state index contributed by atoms with van der Waals surface area (Å²) in [6, 6.07) is 3.89. The molecular formula is C19H25FN2O3. The molecule has 2 saturated carbocycles. The fourth-order valence-corrected chi connectivity index (χ4v) is 4.22. The Kier molecular flexibility index (Phi) is 4.73. The molecule has 0 unspecified atom stereocenters. The van der Waals surface area contributed by atoms with E-state index in [0.717, 1.165) is 24.8 Å². The van der Waals surface area contributed by atoms with Gasteiger partial charge in [0.15, 0.2) is 5.67 Å². The maximum Gasteiger partial charge on any atom is 0.260 e. The van der Waals surface area contributed by atoms with Gasteiger partial charge in [-0.2, -0.15) is 0 Å². The summed E-state index contributed by atoms with van der Waals surface area (Å²) in [4.78, 5) is 18.4. The molecule has 1 amide bonds. The van der Waals surface area contributed by atoms with Gasteiger partial charge in [-0.1, -0.05) is 0 Å². The Morgan fingerprint density at radius 2 is 2.16 bits per heavy atom. The van der Waals surface area contributed by atoms with E-state index < -0.39 is 5.67 Å². The summed E-state index contributed by atoms with van der Waals surface area (Å²) in [6.45, 7) is 2.22.